The van der Waals surface area contributed by atoms with Gasteiger partial charge in [0.25, 0.3) is 5.92 Å². The van der Waals surface area contributed by atoms with Gasteiger partial charge in [0, 0.05) is 11.5 Å². The van der Waals surface area contributed by atoms with E-state index in [0.717, 1.165) is 0 Å². The zero-order valence-corrected chi connectivity index (χ0v) is 10.0. The Morgan fingerprint density at radius 2 is 2.00 bits per heavy atom. The van der Waals surface area contributed by atoms with Crippen LogP contribution in [0.25, 0.3) is 0 Å². The Labute approximate surface area is 110 Å². The summed E-state index contributed by atoms with van der Waals surface area (Å²) in [7, 11) is 0. The van der Waals surface area contributed by atoms with Gasteiger partial charge in [0.1, 0.15) is 18.0 Å². The number of carbonyl (C=O) groups is 1. The van der Waals surface area contributed by atoms with Crippen LogP contribution in [0.4, 0.5) is 22.0 Å². The zero-order chi connectivity index (χ0) is 15.3. The summed E-state index contributed by atoms with van der Waals surface area (Å²) in [5.74, 6) is -7.34. The van der Waals surface area contributed by atoms with Gasteiger partial charge in [0.15, 0.2) is 0 Å². The maximum atomic E-state index is 14.0. The number of nitrogens with two attached hydrogens (primary N) is 1. The second kappa shape index (κ2) is 4.42. The summed E-state index contributed by atoms with van der Waals surface area (Å²) in [5.41, 5.74) is 1.49. The molecule has 0 amide bonds. The highest BCUT2D eigenvalue weighted by molar-refractivity contribution is 6.10. The summed E-state index contributed by atoms with van der Waals surface area (Å²) in [5, 5.41) is 8.45. The van der Waals surface area contributed by atoms with Crippen LogP contribution in [0.2, 0.25) is 0 Å². The lowest BCUT2D eigenvalue weighted by atomic mass is 9.73. The Morgan fingerprint density at radius 3 is 2.40 bits per heavy atom. The number of hydrogen-bond donors (Lipinski definition) is 2. The topological polar surface area (TPSA) is 75.7 Å². The maximum Gasteiger partial charge on any atom is 0.431 e. The number of nitrogens with zero attached hydrogens (tertiary/aromatic N) is 1. The molecule has 0 heterocycles. The van der Waals surface area contributed by atoms with Crippen LogP contribution in [0.5, 0.6) is 0 Å². The van der Waals surface area contributed by atoms with Crippen molar-refractivity contribution in [1.29, 1.82) is 0 Å². The minimum Gasteiger partial charge on any atom is -0.480 e. The first kappa shape index (κ1) is 14.7. The fraction of sp³-hybridized carbons (Fsp3) is 0.636. The second-order valence-corrected chi connectivity index (χ2v) is 4.80. The van der Waals surface area contributed by atoms with E-state index >= 15 is 0 Å². The Bertz CT molecular complexity index is 509. The molecule has 20 heavy (non-hydrogen) atoms. The highest BCUT2D eigenvalue weighted by atomic mass is 19.4. The second-order valence-electron chi connectivity index (χ2n) is 4.80. The number of aliphatic imine (C=N–C) groups is 1. The fourth-order valence-electron chi connectivity index (χ4n) is 2.63. The maximum absolute atomic E-state index is 14.0. The monoisotopic (exact) mass is 298 g/mol. The largest absolute Gasteiger partial charge is 0.480 e. The van der Waals surface area contributed by atoms with Crippen molar-refractivity contribution in [3.8, 4) is 0 Å². The van der Waals surface area contributed by atoms with Crippen molar-refractivity contribution >= 4 is 11.7 Å². The third kappa shape index (κ3) is 2.14. The molecule has 0 aromatic rings. The van der Waals surface area contributed by atoms with E-state index < -0.39 is 53.4 Å². The van der Waals surface area contributed by atoms with Crippen LogP contribution >= 0.6 is 0 Å². The standard InChI is InChI=1S/C11H11F5N2O2/c12-10(13)5-2-1-4(5)7(8(17)11(14,15)16)9(10)18-3-6(19)20/h4-5H,1-3,17H2,(H,19,20)/t4-,5+/m0/s1. The molecule has 0 saturated heterocycles. The van der Waals surface area contributed by atoms with Crippen molar-refractivity contribution in [3.63, 3.8) is 0 Å². The molecule has 112 valence electrons. The average molecular weight is 298 g/mol. The van der Waals surface area contributed by atoms with Gasteiger partial charge in [-0.2, -0.15) is 22.0 Å². The van der Waals surface area contributed by atoms with Gasteiger partial charge in [0.05, 0.1) is 0 Å². The predicted molar refractivity (Wildman–Crippen MR) is 58.4 cm³/mol. The molecule has 2 aliphatic rings. The van der Waals surface area contributed by atoms with Crippen molar-refractivity contribution in [2.75, 3.05) is 6.54 Å². The third-order valence-corrected chi connectivity index (χ3v) is 3.65. The molecule has 0 unspecified atom stereocenters. The molecule has 3 N–H and O–H groups in total. The van der Waals surface area contributed by atoms with E-state index in [9.17, 15) is 26.7 Å². The first-order valence-corrected chi connectivity index (χ1v) is 5.78. The molecule has 0 bridgehead atoms. The van der Waals surface area contributed by atoms with Crippen LogP contribution in [-0.2, 0) is 4.79 Å². The number of halogens is 5. The number of allylic oxidation sites excluding steroid dienone is 2. The molecule has 0 spiro atoms. The van der Waals surface area contributed by atoms with Gasteiger partial charge >= 0.3 is 12.1 Å². The van der Waals surface area contributed by atoms with Crippen LogP contribution < -0.4 is 5.73 Å². The van der Waals surface area contributed by atoms with E-state index in [4.69, 9.17) is 10.8 Å². The average Bonchev–Trinajstić information content (AvgIpc) is 2.35. The van der Waals surface area contributed by atoms with Gasteiger partial charge < -0.3 is 10.8 Å². The van der Waals surface area contributed by atoms with Gasteiger partial charge in [0.2, 0.25) is 0 Å². The molecule has 0 aromatic carbocycles. The Morgan fingerprint density at radius 1 is 1.40 bits per heavy atom. The third-order valence-electron chi connectivity index (χ3n) is 3.65. The smallest absolute Gasteiger partial charge is 0.431 e. The molecule has 4 nitrogen and oxygen atoms in total. The van der Waals surface area contributed by atoms with E-state index in [2.05, 4.69) is 4.99 Å². The van der Waals surface area contributed by atoms with Crippen molar-refractivity contribution in [1.82, 2.24) is 0 Å². The molecular weight excluding hydrogens is 287 g/mol. The van der Waals surface area contributed by atoms with Crippen LogP contribution in [-0.4, -0.2) is 35.4 Å². The SMILES string of the molecule is NC(=C1C(=NCC(=O)O)C(F)(F)[C@@H]2CC[C@H]12)C(F)(F)F. The van der Waals surface area contributed by atoms with Crippen LogP contribution in [0.15, 0.2) is 16.3 Å². The summed E-state index contributed by atoms with van der Waals surface area (Å²) in [6.07, 6.45) is -4.71. The number of aliphatic carboxylic acids is 1. The lowest BCUT2D eigenvalue weighted by molar-refractivity contribution is -0.135. The molecule has 2 aliphatic carbocycles. The number of carboxylic acid groups (broad SMARTS) is 1. The lowest BCUT2D eigenvalue weighted by Gasteiger charge is -2.33. The van der Waals surface area contributed by atoms with Crippen molar-refractivity contribution in [2.24, 2.45) is 22.6 Å². The molecule has 2 fully saturated rings. The van der Waals surface area contributed by atoms with Gasteiger partial charge in [-0.1, -0.05) is 0 Å². The first-order valence-electron chi connectivity index (χ1n) is 5.78. The molecule has 0 aliphatic heterocycles. The number of carboxylic acids is 1. The summed E-state index contributed by atoms with van der Waals surface area (Å²) in [6, 6.07) is 0. The summed E-state index contributed by atoms with van der Waals surface area (Å²) >= 11 is 0. The van der Waals surface area contributed by atoms with Gasteiger partial charge in [-0.05, 0) is 18.8 Å². The Kier molecular flexibility index (Phi) is 3.26. The summed E-state index contributed by atoms with van der Waals surface area (Å²) in [4.78, 5) is 13.6. The number of rotatable bonds is 2. The van der Waals surface area contributed by atoms with Gasteiger partial charge in [-0.15, -0.1) is 0 Å². The van der Waals surface area contributed by atoms with Crippen LogP contribution in [0, 0.1) is 11.8 Å². The molecule has 0 aromatic heterocycles. The normalized spacial score (nSPS) is 32.8. The Hall–Kier alpha value is -1.67. The molecule has 0 radical (unpaired) electrons. The van der Waals surface area contributed by atoms with E-state index in [-0.39, 0.29) is 12.8 Å². The van der Waals surface area contributed by atoms with Crippen LogP contribution in [0.3, 0.4) is 0 Å². The fourth-order valence-corrected chi connectivity index (χ4v) is 2.63. The highest BCUT2D eigenvalue weighted by Gasteiger charge is 2.63. The zero-order valence-electron chi connectivity index (χ0n) is 10.0. The van der Waals surface area contributed by atoms with Crippen molar-refractivity contribution in [3.05, 3.63) is 11.3 Å². The quantitative estimate of drug-likeness (QED) is 0.765. The molecule has 2 saturated carbocycles. The van der Waals surface area contributed by atoms with Crippen molar-refractivity contribution < 1.29 is 31.9 Å². The van der Waals surface area contributed by atoms with E-state index in [1.54, 1.807) is 0 Å². The molecule has 2 rings (SSSR count). The molecular formula is C11H11F5N2O2. The summed E-state index contributed by atoms with van der Waals surface area (Å²) < 4.78 is 65.9. The highest BCUT2D eigenvalue weighted by Crippen LogP contribution is 2.57. The first-order chi connectivity index (χ1) is 9.06. The van der Waals surface area contributed by atoms with E-state index in [1.807, 2.05) is 0 Å². The van der Waals surface area contributed by atoms with Gasteiger partial charge in [-0.25, -0.2) is 0 Å². The Balaban J connectivity index is 2.53. The van der Waals surface area contributed by atoms with E-state index in [0.29, 0.717) is 0 Å². The number of hydrogen-bond acceptors (Lipinski definition) is 3. The van der Waals surface area contributed by atoms with Crippen LogP contribution in [0.1, 0.15) is 12.8 Å². The van der Waals surface area contributed by atoms with Crippen molar-refractivity contribution in [2.45, 2.75) is 24.9 Å². The number of fused-ring (bicyclic) bond motifs is 1. The van der Waals surface area contributed by atoms with Gasteiger partial charge in [-0.3, -0.25) is 9.79 Å². The number of alkyl halides is 5. The lowest BCUT2D eigenvalue weighted by Crippen LogP contribution is -2.36. The van der Waals surface area contributed by atoms with E-state index in [1.165, 1.54) is 0 Å². The minimum atomic E-state index is -4.94. The minimum absolute atomic E-state index is 0.0679. The predicted octanol–water partition coefficient (Wildman–Crippen LogP) is 1.96. The molecule has 2 atom stereocenters. The molecule has 9 heteroatoms. The summed E-state index contributed by atoms with van der Waals surface area (Å²) in [6.45, 7) is -1.01.